The summed E-state index contributed by atoms with van der Waals surface area (Å²) in [5.41, 5.74) is 2.81. The fourth-order valence-corrected chi connectivity index (χ4v) is 3.17. The summed E-state index contributed by atoms with van der Waals surface area (Å²) in [6.45, 7) is 6.30. The van der Waals surface area contributed by atoms with Gasteiger partial charge in [-0.05, 0) is 24.8 Å². The van der Waals surface area contributed by atoms with E-state index in [0.29, 0.717) is 12.1 Å². The van der Waals surface area contributed by atoms with Gasteiger partial charge in [0.2, 0.25) is 0 Å². The topological polar surface area (TPSA) is 48.5 Å². The summed E-state index contributed by atoms with van der Waals surface area (Å²) in [5, 5.41) is 0. The number of ether oxygens (including phenoxy) is 1. The third-order valence-electron chi connectivity index (χ3n) is 4.55. The Morgan fingerprint density at radius 3 is 2.65 bits per heavy atom. The summed E-state index contributed by atoms with van der Waals surface area (Å²) >= 11 is 0. The van der Waals surface area contributed by atoms with Crippen LogP contribution in [0, 0.1) is 0 Å². The molecule has 138 valence electrons. The smallest absolute Gasteiger partial charge is 0.277 e. The minimum absolute atomic E-state index is 0.0224. The van der Waals surface area contributed by atoms with Crippen molar-refractivity contribution in [3.63, 3.8) is 0 Å². The van der Waals surface area contributed by atoms with Crippen LogP contribution in [0.25, 0.3) is 5.52 Å². The van der Waals surface area contributed by atoms with Crippen molar-refractivity contribution in [3.05, 3.63) is 70.2 Å². The maximum atomic E-state index is 13.0. The van der Waals surface area contributed by atoms with Crippen LogP contribution in [0.1, 0.15) is 43.8 Å². The number of imidazole rings is 1. The van der Waals surface area contributed by atoms with Gasteiger partial charge in [0.05, 0.1) is 12.7 Å². The summed E-state index contributed by atoms with van der Waals surface area (Å²) in [6, 6.07) is 10.1. The Hall–Kier alpha value is -2.40. The molecule has 2 aromatic heterocycles. The molecule has 0 amide bonds. The summed E-state index contributed by atoms with van der Waals surface area (Å²) in [5.74, 6) is 0.929. The fourth-order valence-electron chi connectivity index (χ4n) is 3.17. The molecule has 0 radical (unpaired) electrons. The van der Waals surface area contributed by atoms with Gasteiger partial charge in [-0.1, -0.05) is 44.2 Å². The van der Waals surface area contributed by atoms with Crippen LogP contribution in [0.3, 0.4) is 0 Å². The maximum Gasteiger partial charge on any atom is 0.277 e. The highest BCUT2D eigenvalue weighted by Gasteiger charge is 2.12. The maximum absolute atomic E-state index is 13.0. The summed E-state index contributed by atoms with van der Waals surface area (Å²) in [6.07, 6.45) is 7.32. The zero-order chi connectivity index (χ0) is 18.4. The van der Waals surface area contributed by atoms with Gasteiger partial charge < -0.3 is 9.30 Å². The van der Waals surface area contributed by atoms with Crippen LogP contribution in [0.4, 0.5) is 0 Å². The lowest BCUT2D eigenvalue weighted by Crippen LogP contribution is -2.26. The Morgan fingerprint density at radius 1 is 1.12 bits per heavy atom. The van der Waals surface area contributed by atoms with Crippen molar-refractivity contribution >= 4 is 5.52 Å². The zero-order valence-electron chi connectivity index (χ0n) is 15.6. The minimum Gasteiger partial charge on any atom is -0.381 e. The van der Waals surface area contributed by atoms with Crippen molar-refractivity contribution in [3.8, 4) is 0 Å². The molecule has 1 aromatic carbocycles. The van der Waals surface area contributed by atoms with Crippen molar-refractivity contribution in [1.82, 2.24) is 14.0 Å². The highest BCUT2D eigenvalue weighted by molar-refractivity contribution is 5.45. The quantitative estimate of drug-likeness (QED) is 0.554. The van der Waals surface area contributed by atoms with E-state index >= 15 is 0 Å². The van der Waals surface area contributed by atoms with E-state index in [1.54, 1.807) is 6.20 Å². The largest absolute Gasteiger partial charge is 0.381 e. The Labute approximate surface area is 154 Å². The van der Waals surface area contributed by atoms with Gasteiger partial charge in [0, 0.05) is 31.5 Å². The highest BCUT2D eigenvalue weighted by atomic mass is 16.5. The third kappa shape index (κ3) is 4.05. The van der Waals surface area contributed by atoms with E-state index in [0.717, 1.165) is 56.0 Å². The number of hydrogen-bond acceptors (Lipinski definition) is 3. The molecule has 0 bridgehead atoms. The predicted molar refractivity (Wildman–Crippen MR) is 104 cm³/mol. The van der Waals surface area contributed by atoms with Crippen molar-refractivity contribution in [2.24, 2.45) is 0 Å². The van der Waals surface area contributed by atoms with Crippen LogP contribution in [-0.4, -0.2) is 27.2 Å². The molecule has 26 heavy (non-hydrogen) atoms. The van der Waals surface area contributed by atoms with Gasteiger partial charge in [0.15, 0.2) is 0 Å². The average Bonchev–Trinajstić information content (AvgIpc) is 3.07. The lowest BCUT2D eigenvalue weighted by molar-refractivity contribution is 0.132. The van der Waals surface area contributed by atoms with E-state index in [4.69, 9.17) is 4.74 Å². The standard InChI is InChI=1S/C21H27N3O2/c1-3-12-26-13-8-11-20-22-14-19-21(25)23(18(4-2)16-24(19)20)15-17-9-6-5-7-10-17/h5-7,9-10,14,16H,3-4,8,11-13,15H2,1-2H3. The van der Waals surface area contributed by atoms with E-state index in [9.17, 15) is 4.79 Å². The van der Waals surface area contributed by atoms with Crippen molar-refractivity contribution in [2.75, 3.05) is 13.2 Å². The van der Waals surface area contributed by atoms with Crippen molar-refractivity contribution in [1.29, 1.82) is 0 Å². The van der Waals surface area contributed by atoms with Crippen molar-refractivity contribution < 1.29 is 4.74 Å². The SMILES string of the molecule is CCCOCCCc1ncc2c(=O)n(Cc3ccccc3)c(CC)cn12. The molecule has 0 saturated carbocycles. The number of aromatic nitrogens is 3. The van der Waals surface area contributed by atoms with E-state index in [1.165, 1.54) is 0 Å². The molecule has 0 fully saturated rings. The first kappa shape index (κ1) is 18.4. The second kappa shape index (κ2) is 8.81. The second-order valence-electron chi connectivity index (χ2n) is 6.50. The predicted octanol–water partition coefficient (Wildman–Crippen LogP) is 3.47. The van der Waals surface area contributed by atoms with Gasteiger partial charge in [-0.25, -0.2) is 4.98 Å². The molecule has 0 aliphatic heterocycles. The molecule has 0 atom stereocenters. The van der Waals surface area contributed by atoms with Crippen LogP contribution in [0.15, 0.2) is 47.5 Å². The molecule has 0 saturated heterocycles. The molecular weight excluding hydrogens is 326 g/mol. The van der Waals surface area contributed by atoms with Gasteiger partial charge in [-0.15, -0.1) is 0 Å². The molecule has 0 aliphatic rings. The Kier molecular flexibility index (Phi) is 6.23. The van der Waals surface area contributed by atoms with Crippen LogP contribution < -0.4 is 5.56 Å². The highest BCUT2D eigenvalue weighted by Crippen LogP contribution is 2.11. The summed E-state index contributed by atoms with van der Waals surface area (Å²) in [4.78, 5) is 17.5. The van der Waals surface area contributed by atoms with E-state index < -0.39 is 0 Å². The lowest BCUT2D eigenvalue weighted by Gasteiger charge is -2.13. The number of hydrogen-bond donors (Lipinski definition) is 0. The van der Waals surface area contributed by atoms with Gasteiger partial charge in [-0.3, -0.25) is 9.20 Å². The molecular formula is C21H27N3O2. The molecule has 2 heterocycles. The normalized spacial score (nSPS) is 11.3. The molecule has 3 rings (SSSR count). The average molecular weight is 353 g/mol. The van der Waals surface area contributed by atoms with E-state index in [-0.39, 0.29) is 5.56 Å². The lowest BCUT2D eigenvalue weighted by atomic mass is 10.2. The first-order chi connectivity index (χ1) is 12.7. The molecule has 0 aliphatic carbocycles. The fraction of sp³-hybridized carbons (Fsp3) is 0.429. The number of benzene rings is 1. The molecule has 5 nitrogen and oxygen atoms in total. The number of fused-ring (bicyclic) bond motifs is 1. The molecule has 0 N–H and O–H groups in total. The zero-order valence-corrected chi connectivity index (χ0v) is 15.6. The van der Waals surface area contributed by atoms with Gasteiger partial charge >= 0.3 is 0 Å². The van der Waals surface area contributed by atoms with Gasteiger partial charge in [-0.2, -0.15) is 0 Å². The van der Waals surface area contributed by atoms with Crippen LogP contribution in [0.2, 0.25) is 0 Å². The first-order valence-corrected chi connectivity index (χ1v) is 9.45. The monoisotopic (exact) mass is 353 g/mol. The number of aryl methyl sites for hydroxylation is 2. The van der Waals surface area contributed by atoms with Crippen LogP contribution >= 0.6 is 0 Å². The van der Waals surface area contributed by atoms with Crippen LogP contribution in [0.5, 0.6) is 0 Å². The van der Waals surface area contributed by atoms with Gasteiger partial charge in [0.1, 0.15) is 11.3 Å². The number of nitrogens with zero attached hydrogens (tertiary/aromatic N) is 3. The summed E-state index contributed by atoms with van der Waals surface area (Å²) in [7, 11) is 0. The first-order valence-electron chi connectivity index (χ1n) is 9.45. The second-order valence-corrected chi connectivity index (χ2v) is 6.50. The van der Waals surface area contributed by atoms with E-state index in [1.807, 2.05) is 39.3 Å². The molecule has 5 heteroatoms. The van der Waals surface area contributed by atoms with E-state index in [2.05, 4.69) is 25.0 Å². The Balaban J connectivity index is 1.87. The third-order valence-corrected chi connectivity index (χ3v) is 4.55. The Bertz CT molecular complexity index is 897. The van der Waals surface area contributed by atoms with Crippen molar-refractivity contribution in [2.45, 2.75) is 46.1 Å². The molecule has 3 aromatic rings. The molecule has 0 spiro atoms. The molecule has 0 unspecified atom stereocenters. The number of rotatable bonds is 9. The minimum atomic E-state index is 0.0224. The summed E-state index contributed by atoms with van der Waals surface area (Å²) < 4.78 is 9.37. The van der Waals surface area contributed by atoms with Crippen LogP contribution in [-0.2, 0) is 24.1 Å². The van der Waals surface area contributed by atoms with Gasteiger partial charge in [0.25, 0.3) is 5.56 Å². The Morgan fingerprint density at radius 2 is 1.92 bits per heavy atom.